The maximum atomic E-state index is 12.1. The number of piperidine rings is 1. The minimum absolute atomic E-state index is 0. The molecule has 0 bridgehead atoms. The predicted octanol–water partition coefficient (Wildman–Crippen LogP) is 2.34. The second kappa shape index (κ2) is 8.39. The summed E-state index contributed by atoms with van der Waals surface area (Å²) in [7, 11) is 1.93. The molecule has 2 rings (SSSR count). The summed E-state index contributed by atoms with van der Waals surface area (Å²) in [6.45, 7) is 1.59. The number of halogens is 1. The van der Waals surface area contributed by atoms with Gasteiger partial charge in [-0.3, -0.25) is 9.59 Å². The van der Waals surface area contributed by atoms with Crippen LogP contribution in [0.2, 0.25) is 0 Å². The van der Waals surface area contributed by atoms with E-state index >= 15 is 0 Å². The van der Waals surface area contributed by atoms with Gasteiger partial charge in [-0.05, 0) is 31.3 Å². The first-order valence-electron chi connectivity index (χ1n) is 6.72. The lowest BCUT2D eigenvalue weighted by atomic mass is 10.0. The maximum absolute atomic E-state index is 12.1. The van der Waals surface area contributed by atoms with Crippen molar-refractivity contribution in [1.29, 1.82) is 0 Å². The van der Waals surface area contributed by atoms with Gasteiger partial charge in [-0.25, -0.2) is 0 Å². The largest absolute Gasteiger partial charge is 0.341 e. The number of carbonyl (C=O) groups excluding carboxylic acids is 2. The molecule has 0 radical (unpaired) electrons. The van der Waals surface area contributed by atoms with E-state index in [0.29, 0.717) is 18.9 Å². The lowest BCUT2D eigenvalue weighted by Gasteiger charge is -2.32. The van der Waals surface area contributed by atoms with Crippen LogP contribution in [0.3, 0.4) is 0 Å². The zero-order chi connectivity index (χ0) is 13.7. The van der Waals surface area contributed by atoms with Gasteiger partial charge in [0.1, 0.15) is 0 Å². The number of thiophene rings is 1. The Kier molecular flexibility index (Phi) is 7.19. The van der Waals surface area contributed by atoms with Crippen molar-refractivity contribution in [2.75, 3.05) is 20.1 Å². The van der Waals surface area contributed by atoms with Crippen LogP contribution in [0.25, 0.3) is 0 Å². The lowest BCUT2D eigenvalue weighted by molar-refractivity contribution is -0.132. The molecule has 0 aliphatic carbocycles. The average Bonchev–Trinajstić information content (AvgIpc) is 2.98. The fourth-order valence-corrected chi connectivity index (χ4v) is 3.07. The normalized spacial score (nSPS) is 18.4. The standard InChI is InChI=1S/C14H20N2O2S.ClH/c1-15-11-4-2-8-16(10-11)14(18)7-6-12(17)13-5-3-9-19-13;/h3,5,9,11,15H,2,4,6-8,10H2,1H3;1H. The highest BCUT2D eigenvalue weighted by Crippen LogP contribution is 2.15. The van der Waals surface area contributed by atoms with E-state index in [-0.39, 0.29) is 24.1 Å². The van der Waals surface area contributed by atoms with Gasteiger partial charge in [0.05, 0.1) is 4.88 Å². The number of carbonyl (C=O) groups is 2. The van der Waals surface area contributed by atoms with E-state index < -0.39 is 0 Å². The van der Waals surface area contributed by atoms with E-state index in [4.69, 9.17) is 0 Å². The zero-order valence-electron chi connectivity index (χ0n) is 11.6. The third-order valence-corrected chi connectivity index (χ3v) is 4.46. The van der Waals surface area contributed by atoms with Crippen molar-refractivity contribution in [3.05, 3.63) is 22.4 Å². The zero-order valence-corrected chi connectivity index (χ0v) is 13.3. The number of rotatable bonds is 5. The van der Waals surface area contributed by atoms with Crippen LogP contribution in [0.15, 0.2) is 17.5 Å². The van der Waals surface area contributed by atoms with E-state index in [1.807, 2.05) is 29.5 Å². The van der Waals surface area contributed by atoms with Crippen LogP contribution in [0, 0.1) is 0 Å². The molecule has 0 saturated carbocycles. The van der Waals surface area contributed by atoms with E-state index in [0.717, 1.165) is 30.8 Å². The molecule has 0 spiro atoms. The van der Waals surface area contributed by atoms with Crippen molar-refractivity contribution in [3.63, 3.8) is 0 Å². The lowest BCUT2D eigenvalue weighted by Crippen LogP contribution is -2.47. The molecule has 1 aromatic rings. The minimum atomic E-state index is 0. The second-order valence-electron chi connectivity index (χ2n) is 4.87. The molecule has 0 aromatic carbocycles. The molecular weight excluding hydrogens is 296 g/mol. The van der Waals surface area contributed by atoms with Crippen molar-refractivity contribution in [2.24, 2.45) is 0 Å². The average molecular weight is 317 g/mol. The van der Waals surface area contributed by atoms with Crippen LogP contribution >= 0.6 is 23.7 Å². The van der Waals surface area contributed by atoms with Gasteiger partial charge in [-0.2, -0.15) is 0 Å². The number of nitrogens with one attached hydrogen (secondary N) is 1. The summed E-state index contributed by atoms with van der Waals surface area (Å²) in [5.74, 6) is 0.176. The van der Waals surface area contributed by atoms with E-state index in [2.05, 4.69) is 5.32 Å². The maximum Gasteiger partial charge on any atom is 0.223 e. The van der Waals surface area contributed by atoms with Crippen LogP contribution in [0.5, 0.6) is 0 Å². The summed E-state index contributed by atoms with van der Waals surface area (Å²) in [5.41, 5.74) is 0. The summed E-state index contributed by atoms with van der Waals surface area (Å²) in [5, 5.41) is 5.10. The molecule has 1 unspecified atom stereocenters. The number of likely N-dealkylation sites (N-methyl/N-ethyl adjacent to an activating group) is 1. The molecule has 1 aromatic heterocycles. The van der Waals surface area contributed by atoms with Gasteiger partial charge in [0.25, 0.3) is 0 Å². The van der Waals surface area contributed by atoms with Gasteiger partial charge in [0.2, 0.25) is 5.91 Å². The quantitative estimate of drug-likeness (QED) is 0.848. The number of nitrogens with zero attached hydrogens (tertiary/aromatic N) is 1. The van der Waals surface area contributed by atoms with Gasteiger partial charge < -0.3 is 10.2 Å². The van der Waals surface area contributed by atoms with Gasteiger partial charge in [-0.15, -0.1) is 23.7 Å². The Labute approximate surface area is 130 Å². The highest BCUT2D eigenvalue weighted by Gasteiger charge is 2.22. The highest BCUT2D eigenvalue weighted by atomic mass is 35.5. The third kappa shape index (κ3) is 4.58. The first-order valence-corrected chi connectivity index (χ1v) is 7.60. The molecular formula is C14H21ClN2O2S. The first-order chi connectivity index (χ1) is 9.20. The Morgan fingerprint density at radius 3 is 2.90 bits per heavy atom. The summed E-state index contributed by atoms with van der Waals surface area (Å²) >= 11 is 1.44. The molecule has 112 valence electrons. The molecule has 4 nitrogen and oxygen atoms in total. The van der Waals surface area contributed by atoms with Crippen LogP contribution in [-0.4, -0.2) is 42.8 Å². The number of ketones is 1. The smallest absolute Gasteiger partial charge is 0.223 e. The van der Waals surface area contributed by atoms with Crippen LogP contribution in [0.4, 0.5) is 0 Å². The Hall–Kier alpha value is -0.910. The predicted molar refractivity (Wildman–Crippen MR) is 83.8 cm³/mol. The molecule has 1 amide bonds. The van der Waals surface area contributed by atoms with Crippen molar-refractivity contribution in [2.45, 2.75) is 31.7 Å². The molecule has 2 heterocycles. The fourth-order valence-electron chi connectivity index (χ4n) is 2.38. The number of hydrogen-bond donors (Lipinski definition) is 1. The molecule has 1 saturated heterocycles. The Balaban J connectivity index is 0.00000200. The van der Waals surface area contributed by atoms with Gasteiger partial charge in [0.15, 0.2) is 5.78 Å². The SMILES string of the molecule is CNC1CCCN(C(=O)CCC(=O)c2cccs2)C1.Cl. The van der Waals surface area contributed by atoms with Crippen molar-refractivity contribution in [1.82, 2.24) is 10.2 Å². The van der Waals surface area contributed by atoms with E-state index in [1.165, 1.54) is 11.3 Å². The monoisotopic (exact) mass is 316 g/mol. The second-order valence-corrected chi connectivity index (χ2v) is 5.82. The molecule has 1 N–H and O–H groups in total. The number of likely N-dealkylation sites (tertiary alicyclic amines) is 1. The van der Waals surface area contributed by atoms with Crippen LogP contribution < -0.4 is 5.32 Å². The minimum Gasteiger partial charge on any atom is -0.341 e. The fraction of sp³-hybridized carbons (Fsp3) is 0.571. The van der Waals surface area contributed by atoms with Crippen molar-refractivity contribution >= 4 is 35.4 Å². The summed E-state index contributed by atoms with van der Waals surface area (Å²) in [6.07, 6.45) is 2.80. The summed E-state index contributed by atoms with van der Waals surface area (Å²) in [6, 6.07) is 4.07. The Bertz CT molecular complexity index is 436. The van der Waals surface area contributed by atoms with E-state index in [1.54, 1.807) is 0 Å². The molecule has 6 heteroatoms. The van der Waals surface area contributed by atoms with Gasteiger partial charge in [0, 0.05) is 32.0 Å². The molecule has 1 fully saturated rings. The number of Topliss-reactive ketones (excluding diaryl/α,β-unsaturated/α-hetero) is 1. The topological polar surface area (TPSA) is 49.4 Å². The van der Waals surface area contributed by atoms with Crippen molar-refractivity contribution < 1.29 is 9.59 Å². The molecule has 1 atom stereocenters. The molecule has 20 heavy (non-hydrogen) atoms. The molecule has 1 aliphatic rings. The number of hydrogen-bond acceptors (Lipinski definition) is 4. The van der Waals surface area contributed by atoms with Crippen LogP contribution in [-0.2, 0) is 4.79 Å². The van der Waals surface area contributed by atoms with Crippen LogP contribution in [0.1, 0.15) is 35.4 Å². The van der Waals surface area contributed by atoms with Gasteiger partial charge >= 0.3 is 0 Å². The molecule has 1 aliphatic heterocycles. The van der Waals surface area contributed by atoms with E-state index in [9.17, 15) is 9.59 Å². The highest BCUT2D eigenvalue weighted by molar-refractivity contribution is 7.12. The Morgan fingerprint density at radius 2 is 2.25 bits per heavy atom. The third-order valence-electron chi connectivity index (χ3n) is 3.54. The summed E-state index contributed by atoms with van der Waals surface area (Å²) in [4.78, 5) is 26.6. The number of amides is 1. The Morgan fingerprint density at radius 1 is 1.45 bits per heavy atom. The summed E-state index contributed by atoms with van der Waals surface area (Å²) < 4.78 is 0. The van der Waals surface area contributed by atoms with Crippen molar-refractivity contribution in [3.8, 4) is 0 Å². The first kappa shape index (κ1) is 17.1. The van der Waals surface area contributed by atoms with Gasteiger partial charge in [-0.1, -0.05) is 6.07 Å².